The molecule has 0 saturated heterocycles. The molecule has 130 valence electrons. The van der Waals surface area contributed by atoms with Crippen LogP contribution in [-0.2, 0) is 0 Å². The van der Waals surface area contributed by atoms with Gasteiger partial charge < -0.3 is 0 Å². The Labute approximate surface area is 167 Å². The highest BCUT2D eigenvalue weighted by Crippen LogP contribution is 2.10. The average molecular weight is 475 g/mol. The molecule has 0 aliphatic rings. The van der Waals surface area contributed by atoms with E-state index in [1.54, 1.807) is 12.4 Å². The minimum atomic E-state index is 0.315. The molecular weight excluding hydrogens is 462 g/mol. The summed E-state index contributed by atoms with van der Waals surface area (Å²) in [5.74, 6) is 0.629. The zero-order chi connectivity index (χ0) is 18.2. The van der Waals surface area contributed by atoms with Crippen molar-refractivity contribution in [2.45, 2.75) is 0 Å². The Morgan fingerprint density at radius 2 is 1.12 bits per heavy atom. The molecule has 0 atom stereocenters. The Hall–Kier alpha value is -2.65. The van der Waals surface area contributed by atoms with E-state index in [1.165, 1.54) is 6.33 Å². The molecule has 2 N–H and O–H groups in total. The SMILES string of the molecule is Brc1ccc(C=NNc2ncnc(NN=Cc3ccc(Br)cc3)n2)cc1. The molecule has 1 heterocycles. The van der Waals surface area contributed by atoms with Crippen LogP contribution in [0, 0.1) is 0 Å². The van der Waals surface area contributed by atoms with Gasteiger partial charge in [0.1, 0.15) is 6.33 Å². The van der Waals surface area contributed by atoms with Crippen molar-refractivity contribution in [3.63, 3.8) is 0 Å². The zero-order valence-electron chi connectivity index (χ0n) is 13.3. The molecule has 0 aliphatic heterocycles. The quantitative estimate of drug-likeness (QED) is 0.411. The lowest BCUT2D eigenvalue weighted by Crippen LogP contribution is -2.02. The van der Waals surface area contributed by atoms with Crippen molar-refractivity contribution in [1.29, 1.82) is 0 Å². The van der Waals surface area contributed by atoms with Crippen LogP contribution in [0.2, 0.25) is 0 Å². The topological polar surface area (TPSA) is 87.5 Å². The minimum Gasteiger partial charge on any atom is -0.245 e. The molecule has 3 rings (SSSR count). The van der Waals surface area contributed by atoms with Gasteiger partial charge in [-0.2, -0.15) is 25.2 Å². The maximum absolute atomic E-state index is 4.18. The number of hydrogen-bond acceptors (Lipinski definition) is 7. The fraction of sp³-hybridized carbons (Fsp3) is 0. The summed E-state index contributed by atoms with van der Waals surface area (Å²) in [6, 6.07) is 15.5. The van der Waals surface area contributed by atoms with Gasteiger partial charge in [0.2, 0.25) is 11.9 Å². The van der Waals surface area contributed by atoms with Crippen molar-refractivity contribution in [3.05, 3.63) is 74.9 Å². The van der Waals surface area contributed by atoms with Gasteiger partial charge in [0.25, 0.3) is 0 Å². The van der Waals surface area contributed by atoms with Crippen LogP contribution in [0.4, 0.5) is 11.9 Å². The van der Waals surface area contributed by atoms with Crippen LogP contribution in [0.1, 0.15) is 11.1 Å². The van der Waals surface area contributed by atoms with Crippen molar-refractivity contribution >= 4 is 56.2 Å². The van der Waals surface area contributed by atoms with E-state index in [4.69, 9.17) is 0 Å². The third-order valence-electron chi connectivity index (χ3n) is 3.07. The summed E-state index contributed by atoms with van der Waals surface area (Å²) >= 11 is 6.78. The Morgan fingerprint density at radius 1 is 0.692 bits per heavy atom. The van der Waals surface area contributed by atoms with Crippen LogP contribution >= 0.6 is 31.9 Å². The van der Waals surface area contributed by atoms with E-state index in [2.05, 4.69) is 67.9 Å². The number of hydrazone groups is 2. The lowest BCUT2D eigenvalue weighted by Gasteiger charge is -2.01. The van der Waals surface area contributed by atoms with Crippen molar-refractivity contribution in [1.82, 2.24) is 15.0 Å². The molecule has 9 heteroatoms. The van der Waals surface area contributed by atoms with E-state index in [0.717, 1.165) is 20.1 Å². The summed E-state index contributed by atoms with van der Waals surface area (Å²) in [4.78, 5) is 12.2. The molecule has 0 bridgehead atoms. The van der Waals surface area contributed by atoms with Gasteiger partial charge in [-0.15, -0.1) is 0 Å². The van der Waals surface area contributed by atoms with Gasteiger partial charge in [0.15, 0.2) is 0 Å². The first-order valence-electron chi connectivity index (χ1n) is 7.47. The number of nitrogens with zero attached hydrogens (tertiary/aromatic N) is 5. The average Bonchev–Trinajstić information content (AvgIpc) is 2.65. The number of hydrogen-bond donors (Lipinski definition) is 2. The molecule has 0 unspecified atom stereocenters. The molecule has 0 aliphatic carbocycles. The van der Waals surface area contributed by atoms with Gasteiger partial charge in [-0.1, -0.05) is 56.1 Å². The molecule has 26 heavy (non-hydrogen) atoms. The molecule has 0 saturated carbocycles. The van der Waals surface area contributed by atoms with E-state index in [0.29, 0.717) is 11.9 Å². The summed E-state index contributed by atoms with van der Waals surface area (Å²) in [5, 5.41) is 8.21. The van der Waals surface area contributed by atoms with Gasteiger partial charge in [-0.25, -0.2) is 10.9 Å². The minimum absolute atomic E-state index is 0.315. The number of anilines is 2. The highest BCUT2D eigenvalue weighted by molar-refractivity contribution is 9.10. The van der Waals surface area contributed by atoms with E-state index in [9.17, 15) is 0 Å². The normalized spacial score (nSPS) is 11.2. The fourth-order valence-electron chi connectivity index (χ4n) is 1.83. The van der Waals surface area contributed by atoms with Crippen LogP contribution in [0.25, 0.3) is 0 Å². The summed E-state index contributed by atoms with van der Waals surface area (Å²) < 4.78 is 2.03. The number of halogens is 2. The number of aromatic nitrogens is 3. The first-order chi connectivity index (χ1) is 12.7. The van der Waals surface area contributed by atoms with Crippen molar-refractivity contribution < 1.29 is 0 Å². The summed E-state index contributed by atoms with van der Waals surface area (Å²) in [6.07, 6.45) is 4.73. The lowest BCUT2D eigenvalue weighted by atomic mass is 10.2. The maximum atomic E-state index is 4.18. The van der Waals surface area contributed by atoms with Crippen LogP contribution in [0.3, 0.4) is 0 Å². The van der Waals surface area contributed by atoms with Crippen LogP contribution in [0.5, 0.6) is 0 Å². The Bertz CT molecular complexity index is 836. The zero-order valence-corrected chi connectivity index (χ0v) is 16.5. The largest absolute Gasteiger partial charge is 0.248 e. The van der Waals surface area contributed by atoms with Gasteiger partial charge in [0.05, 0.1) is 12.4 Å². The van der Waals surface area contributed by atoms with E-state index < -0.39 is 0 Å². The number of nitrogens with one attached hydrogen (secondary N) is 2. The molecule has 3 aromatic rings. The van der Waals surface area contributed by atoms with Crippen molar-refractivity contribution in [2.75, 3.05) is 10.9 Å². The Morgan fingerprint density at radius 3 is 1.54 bits per heavy atom. The molecule has 1 aromatic heterocycles. The smallest absolute Gasteiger partial charge is 0.245 e. The van der Waals surface area contributed by atoms with Crippen LogP contribution in [-0.4, -0.2) is 27.4 Å². The van der Waals surface area contributed by atoms with Crippen molar-refractivity contribution in [2.24, 2.45) is 10.2 Å². The van der Waals surface area contributed by atoms with E-state index >= 15 is 0 Å². The fourth-order valence-corrected chi connectivity index (χ4v) is 2.36. The molecule has 0 amide bonds. The van der Waals surface area contributed by atoms with Crippen LogP contribution < -0.4 is 10.9 Å². The second kappa shape index (κ2) is 9.16. The molecule has 0 radical (unpaired) electrons. The van der Waals surface area contributed by atoms with Crippen molar-refractivity contribution in [3.8, 4) is 0 Å². The molecule has 2 aromatic carbocycles. The molecule has 0 spiro atoms. The van der Waals surface area contributed by atoms with Gasteiger partial charge in [-0.05, 0) is 35.4 Å². The third kappa shape index (κ3) is 5.71. The third-order valence-corrected chi connectivity index (χ3v) is 4.13. The van der Waals surface area contributed by atoms with Gasteiger partial charge in [0, 0.05) is 8.95 Å². The second-order valence-corrected chi connectivity index (χ2v) is 6.81. The number of rotatable bonds is 6. The maximum Gasteiger partial charge on any atom is 0.248 e. The monoisotopic (exact) mass is 473 g/mol. The summed E-state index contributed by atoms with van der Waals surface area (Å²) in [6.45, 7) is 0. The molecule has 0 fully saturated rings. The number of benzene rings is 2. The van der Waals surface area contributed by atoms with Gasteiger partial charge >= 0.3 is 0 Å². The highest BCUT2D eigenvalue weighted by Gasteiger charge is 1.98. The summed E-state index contributed by atoms with van der Waals surface area (Å²) in [7, 11) is 0. The second-order valence-electron chi connectivity index (χ2n) is 4.98. The first-order valence-corrected chi connectivity index (χ1v) is 9.06. The predicted molar refractivity (Wildman–Crippen MR) is 111 cm³/mol. The predicted octanol–water partition coefficient (Wildman–Crippen LogP) is 4.29. The first kappa shape index (κ1) is 18.2. The van der Waals surface area contributed by atoms with E-state index in [1.807, 2.05) is 48.5 Å². The Kier molecular flexibility index (Phi) is 6.39. The standard InChI is InChI=1S/C17H13Br2N7/c18-14-5-1-12(2-6-14)9-22-25-16-20-11-21-17(24-16)26-23-10-13-3-7-15(19)8-4-13/h1-11H,(H2,20,21,24,25,26). The molecular formula is C17H13Br2N7. The lowest BCUT2D eigenvalue weighted by molar-refractivity contribution is 1.02. The van der Waals surface area contributed by atoms with Gasteiger partial charge in [-0.3, -0.25) is 0 Å². The highest BCUT2D eigenvalue weighted by atomic mass is 79.9. The summed E-state index contributed by atoms with van der Waals surface area (Å²) in [5.41, 5.74) is 7.42. The molecule has 7 nitrogen and oxygen atoms in total. The van der Waals surface area contributed by atoms with E-state index in [-0.39, 0.29) is 0 Å². The Balaban J connectivity index is 1.57. The van der Waals surface area contributed by atoms with Crippen LogP contribution in [0.15, 0.2) is 74.0 Å².